The van der Waals surface area contributed by atoms with Crippen LogP contribution in [0.5, 0.6) is 0 Å². The Balaban J connectivity index is 2.40. The summed E-state index contributed by atoms with van der Waals surface area (Å²) in [5.74, 6) is 0.717. The molecule has 3 nitrogen and oxygen atoms in total. The molecule has 0 heterocycles. The Hall–Kier alpha value is -0.730. The largest absolute Gasteiger partial charge is 0.335 e. The number of carbonyl (C=O) groups excluding carboxylic acids is 1. The highest BCUT2D eigenvalue weighted by Gasteiger charge is 2.28. The summed E-state index contributed by atoms with van der Waals surface area (Å²) in [5, 5.41) is 3.23. The summed E-state index contributed by atoms with van der Waals surface area (Å²) in [5.41, 5.74) is 0. The van der Waals surface area contributed by atoms with E-state index in [-0.39, 0.29) is 6.03 Å². The molecule has 0 saturated heterocycles. The summed E-state index contributed by atoms with van der Waals surface area (Å²) in [7, 11) is 0. The zero-order chi connectivity index (χ0) is 12.7. The first kappa shape index (κ1) is 14.3. The van der Waals surface area contributed by atoms with E-state index in [1.165, 1.54) is 38.5 Å². The van der Waals surface area contributed by atoms with E-state index in [1.54, 1.807) is 0 Å². The van der Waals surface area contributed by atoms with Crippen LogP contribution < -0.4 is 5.32 Å². The molecule has 1 saturated carbocycles. The minimum Gasteiger partial charge on any atom is -0.335 e. The number of urea groups is 1. The van der Waals surface area contributed by atoms with Crippen molar-refractivity contribution in [1.29, 1.82) is 0 Å². The van der Waals surface area contributed by atoms with Gasteiger partial charge in [-0.05, 0) is 39.0 Å². The molecule has 1 aliphatic carbocycles. The Morgan fingerprint density at radius 2 is 1.94 bits per heavy atom. The smallest absolute Gasteiger partial charge is 0.317 e. The zero-order valence-corrected chi connectivity index (χ0v) is 11.7. The standard InChI is InChI=1S/C14H28N2O/c1-4-7-9-12-10-8-11-13(12)15-14(17)16(5-2)6-3/h12-13H,4-11H2,1-3H3,(H,15,17)/t12-,13+/m1/s1. The molecule has 1 aliphatic rings. The van der Waals surface area contributed by atoms with E-state index < -0.39 is 0 Å². The molecule has 0 aliphatic heterocycles. The summed E-state index contributed by atoms with van der Waals surface area (Å²) < 4.78 is 0. The van der Waals surface area contributed by atoms with Gasteiger partial charge in [0.05, 0.1) is 0 Å². The lowest BCUT2D eigenvalue weighted by atomic mass is 9.97. The Bertz CT molecular complexity index is 226. The average Bonchev–Trinajstić information content (AvgIpc) is 2.75. The Morgan fingerprint density at radius 3 is 2.53 bits per heavy atom. The number of hydrogen-bond donors (Lipinski definition) is 1. The van der Waals surface area contributed by atoms with Crippen molar-refractivity contribution in [3.8, 4) is 0 Å². The van der Waals surface area contributed by atoms with Gasteiger partial charge in [0.25, 0.3) is 0 Å². The number of unbranched alkanes of at least 4 members (excludes halogenated alkanes) is 1. The van der Waals surface area contributed by atoms with Gasteiger partial charge in [-0.15, -0.1) is 0 Å². The van der Waals surface area contributed by atoms with Crippen LogP contribution in [-0.4, -0.2) is 30.1 Å². The van der Waals surface area contributed by atoms with Crippen LogP contribution >= 0.6 is 0 Å². The second kappa shape index (κ2) is 7.57. The highest BCUT2D eigenvalue weighted by Crippen LogP contribution is 2.29. The van der Waals surface area contributed by atoms with Gasteiger partial charge in [-0.1, -0.05) is 26.2 Å². The average molecular weight is 240 g/mol. The number of hydrogen-bond acceptors (Lipinski definition) is 1. The SMILES string of the molecule is CCCC[C@@H]1CCC[C@@H]1NC(=O)N(CC)CC. The molecule has 3 heteroatoms. The molecule has 0 bridgehead atoms. The maximum absolute atomic E-state index is 12.0. The molecular formula is C14H28N2O. The molecule has 2 amide bonds. The van der Waals surface area contributed by atoms with Gasteiger partial charge >= 0.3 is 6.03 Å². The molecule has 17 heavy (non-hydrogen) atoms. The van der Waals surface area contributed by atoms with Gasteiger partial charge in [-0.3, -0.25) is 0 Å². The second-order valence-corrected chi connectivity index (χ2v) is 5.06. The van der Waals surface area contributed by atoms with Crippen LogP contribution in [0.1, 0.15) is 59.3 Å². The molecule has 0 aromatic heterocycles. The van der Waals surface area contributed by atoms with E-state index in [2.05, 4.69) is 12.2 Å². The minimum absolute atomic E-state index is 0.128. The summed E-state index contributed by atoms with van der Waals surface area (Å²) in [6, 6.07) is 0.554. The fourth-order valence-corrected chi connectivity index (χ4v) is 2.80. The lowest BCUT2D eigenvalue weighted by molar-refractivity contribution is 0.195. The molecule has 2 atom stereocenters. The Labute approximate surface area is 106 Å². The van der Waals surface area contributed by atoms with Crippen molar-refractivity contribution < 1.29 is 4.79 Å². The van der Waals surface area contributed by atoms with Crippen molar-refractivity contribution in [3.05, 3.63) is 0 Å². The van der Waals surface area contributed by atoms with Gasteiger partial charge in [0.15, 0.2) is 0 Å². The predicted molar refractivity (Wildman–Crippen MR) is 72.1 cm³/mol. The fraction of sp³-hybridized carbons (Fsp3) is 0.929. The van der Waals surface area contributed by atoms with Gasteiger partial charge in [-0.2, -0.15) is 0 Å². The highest BCUT2D eigenvalue weighted by atomic mass is 16.2. The third-order valence-electron chi connectivity index (χ3n) is 3.95. The quantitative estimate of drug-likeness (QED) is 0.758. The molecule has 0 unspecified atom stereocenters. The van der Waals surface area contributed by atoms with E-state index in [4.69, 9.17) is 0 Å². The van der Waals surface area contributed by atoms with Crippen LogP contribution in [0.25, 0.3) is 0 Å². The number of carbonyl (C=O) groups is 1. The molecule has 0 aromatic rings. The van der Waals surface area contributed by atoms with E-state index in [1.807, 2.05) is 18.7 Å². The van der Waals surface area contributed by atoms with Crippen LogP contribution in [-0.2, 0) is 0 Å². The van der Waals surface area contributed by atoms with Crippen molar-refractivity contribution in [2.75, 3.05) is 13.1 Å². The van der Waals surface area contributed by atoms with E-state index in [9.17, 15) is 4.79 Å². The number of nitrogens with one attached hydrogen (secondary N) is 1. The lowest BCUT2D eigenvalue weighted by Crippen LogP contribution is -2.46. The third-order valence-corrected chi connectivity index (χ3v) is 3.95. The summed E-state index contributed by atoms with van der Waals surface area (Å²) >= 11 is 0. The summed E-state index contributed by atoms with van der Waals surface area (Å²) in [4.78, 5) is 13.9. The molecule has 1 fully saturated rings. The van der Waals surface area contributed by atoms with Crippen LogP contribution in [0.15, 0.2) is 0 Å². The van der Waals surface area contributed by atoms with Gasteiger partial charge < -0.3 is 10.2 Å². The molecule has 0 aromatic carbocycles. The number of nitrogens with zero attached hydrogens (tertiary/aromatic N) is 1. The van der Waals surface area contributed by atoms with E-state index >= 15 is 0 Å². The molecule has 100 valence electrons. The third kappa shape index (κ3) is 4.21. The highest BCUT2D eigenvalue weighted by molar-refractivity contribution is 5.74. The molecule has 1 rings (SSSR count). The Morgan fingerprint density at radius 1 is 1.24 bits per heavy atom. The van der Waals surface area contributed by atoms with Gasteiger partial charge in [0.1, 0.15) is 0 Å². The van der Waals surface area contributed by atoms with Gasteiger partial charge in [0.2, 0.25) is 0 Å². The van der Waals surface area contributed by atoms with Gasteiger partial charge in [-0.25, -0.2) is 4.79 Å². The fourth-order valence-electron chi connectivity index (χ4n) is 2.80. The van der Waals surface area contributed by atoms with E-state index in [0.29, 0.717) is 6.04 Å². The van der Waals surface area contributed by atoms with Crippen molar-refractivity contribution >= 4 is 6.03 Å². The predicted octanol–water partition coefficient (Wildman–Crippen LogP) is 3.40. The monoisotopic (exact) mass is 240 g/mol. The molecular weight excluding hydrogens is 212 g/mol. The Kier molecular flexibility index (Phi) is 6.38. The van der Waals surface area contributed by atoms with Crippen LogP contribution in [0.2, 0.25) is 0 Å². The molecule has 1 N–H and O–H groups in total. The van der Waals surface area contributed by atoms with Crippen molar-refractivity contribution in [3.63, 3.8) is 0 Å². The van der Waals surface area contributed by atoms with Crippen molar-refractivity contribution in [2.45, 2.75) is 65.3 Å². The lowest BCUT2D eigenvalue weighted by Gasteiger charge is -2.25. The van der Waals surface area contributed by atoms with Crippen LogP contribution in [0.3, 0.4) is 0 Å². The topological polar surface area (TPSA) is 32.3 Å². The maximum Gasteiger partial charge on any atom is 0.317 e. The minimum atomic E-state index is 0.128. The molecule has 0 radical (unpaired) electrons. The summed E-state index contributed by atoms with van der Waals surface area (Å²) in [6.45, 7) is 7.90. The first-order valence-electron chi connectivity index (χ1n) is 7.28. The number of rotatable bonds is 6. The van der Waals surface area contributed by atoms with E-state index in [0.717, 1.165) is 19.0 Å². The van der Waals surface area contributed by atoms with Crippen LogP contribution in [0.4, 0.5) is 4.79 Å². The summed E-state index contributed by atoms with van der Waals surface area (Å²) in [6.07, 6.45) is 7.57. The second-order valence-electron chi connectivity index (χ2n) is 5.06. The first-order valence-corrected chi connectivity index (χ1v) is 7.28. The normalized spacial score (nSPS) is 23.7. The first-order chi connectivity index (χ1) is 8.22. The zero-order valence-electron chi connectivity index (χ0n) is 11.7. The van der Waals surface area contributed by atoms with Crippen molar-refractivity contribution in [1.82, 2.24) is 10.2 Å². The van der Waals surface area contributed by atoms with Crippen LogP contribution in [0, 0.1) is 5.92 Å². The maximum atomic E-state index is 12.0. The molecule has 0 spiro atoms. The number of amides is 2. The van der Waals surface area contributed by atoms with Crippen molar-refractivity contribution in [2.24, 2.45) is 5.92 Å². The van der Waals surface area contributed by atoms with Gasteiger partial charge in [0, 0.05) is 19.1 Å².